The van der Waals surface area contributed by atoms with Gasteiger partial charge >= 0.3 is 6.18 Å². The summed E-state index contributed by atoms with van der Waals surface area (Å²) in [7, 11) is 0. The van der Waals surface area contributed by atoms with Gasteiger partial charge in [0.1, 0.15) is 0 Å². The van der Waals surface area contributed by atoms with Crippen molar-refractivity contribution in [2.45, 2.75) is 12.6 Å². The summed E-state index contributed by atoms with van der Waals surface area (Å²) in [5, 5.41) is 8.52. The fourth-order valence-electron chi connectivity index (χ4n) is 2.15. The second-order valence-corrected chi connectivity index (χ2v) is 5.74. The van der Waals surface area contributed by atoms with E-state index in [-0.39, 0.29) is 10.8 Å². The highest BCUT2D eigenvalue weighted by molar-refractivity contribution is 7.80. The molecule has 0 radical (unpaired) electrons. The van der Waals surface area contributed by atoms with Crippen LogP contribution >= 0.6 is 12.2 Å². The van der Waals surface area contributed by atoms with Crippen LogP contribution < -0.4 is 10.7 Å². The van der Waals surface area contributed by atoms with Gasteiger partial charge in [-0.15, -0.1) is 6.58 Å². The summed E-state index contributed by atoms with van der Waals surface area (Å²) in [6, 6.07) is 12.4. The van der Waals surface area contributed by atoms with Crippen LogP contribution in [0.1, 0.15) is 12.0 Å². The number of benzene rings is 2. The molecule has 0 spiro atoms. The number of carbonyl (C=O) groups excluding carboxylic acids is 1. The zero-order valence-corrected chi connectivity index (χ0v) is 14.5. The van der Waals surface area contributed by atoms with E-state index in [4.69, 9.17) is 12.2 Å². The lowest BCUT2D eigenvalue weighted by molar-refractivity contribution is -0.169. The fourth-order valence-corrected chi connectivity index (χ4v) is 2.28. The minimum atomic E-state index is -4.93. The van der Waals surface area contributed by atoms with Crippen LogP contribution in [0.15, 0.2) is 60.2 Å². The Bertz CT molecular complexity index is 862. The zero-order valence-electron chi connectivity index (χ0n) is 13.6. The Morgan fingerprint density at radius 2 is 1.88 bits per heavy atom. The van der Waals surface area contributed by atoms with Crippen LogP contribution in [0, 0.1) is 0 Å². The van der Waals surface area contributed by atoms with E-state index >= 15 is 0 Å². The molecule has 136 valence electrons. The summed E-state index contributed by atoms with van der Waals surface area (Å²) >= 11 is 4.97. The van der Waals surface area contributed by atoms with Gasteiger partial charge in [0.15, 0.2) is 5.11 Å². The molecule has 4 nitrogen and oxygen atoms in total. The average Bonchev–Trinajstić information content (AvgIpc) is 2.61. The first-order chi connectivity index (χ1) is 12.3. The molecule has 0 saturated heterocycles. The monoisotopic (exact) mass is 379 g/mol. The maximum atomic E-state index is 12.7. The number of halogens is 3. The molecule has 0 atom stereocenters. The molecule has 0 unspecified atom stereocenters. The molecule has 0 aliphatic heterocycles. The molecule has 0 aliphatic carbocycles. The van der Waals surface area contributed by atoms with Crippen LogP contribution in [0.3, 0.4) is 0 Å². The standard InChI is InChI=1S/C18H16F3N3OS/c1-2-9-22-17(26)24-23-15(11-16(25)18(19,20)21)14-8-7-12-5-3-4-6-13(12)10-14/h2-8,10H,1,9,11H2,(H2,22,24,26). The molecule has 0 bridgehead atoms. The highest BCUT2D eigenvalue weighted by atomic mass is 32.1. The summed E-state index contributed by atoms with van der Waals surface area (Å²) in [6.07, 6.45) is -4.26. The molecule has 0 saturated carbocycles. The second kappa shape index (κ2) is 8.57. The van der Waals surface area contributed by atoms with Crippen LogP contribution in [0.25, 0.3) is 10.8 Å². The van der Waals surface area contributed by atoms with Crippen molar-refractivity contribution in [1.29, 1.82) is 0 Å². The van der Waals surface area contributed by atoms with Crippen LogP contribution in [0.2, 0.25) is 0 Å². The fraction of sp³-hybridized carbons (Fsp3) is 0.167. The van der Waals surface area contributed by atoms with Crippen molar-refractivity contribution in [2.75, 3.05) is 6.54 Å². The predicted octanol–water partition coefficient (Wildman–Crippen LogP) is 3.72. The molecule has 0 heterocycles. The van der Waals surface area contributed by atoms with E-state index in [0.29, 0.717) is 12.1 Å². The van der Waals surface area contributed by atoms with Crippen LogP contribution in [-0.2, 0) is 4.79 Å². The maximum absolute atomic E-state index is 12.7. The van der Waals surface area contributed by atoms with Crippen molar-refractivity contribution < 1.29 is 18.0 Å². The van der Waals surface area contributed by atoms with Gasteiger partial charge in [0.2, 0.25) is 5.78 Å². The predicted molar refractivity (Wildman–Crippen MR) is 100 cm³/mol. The van der Waals surface area contributed by atoms with Gasteiger partial charge in [-0.05, 0) is 34.6 Å². The van der Waals surface area contributed by atoms with Crippen molar-refractivity contribution >= 4 is 39.6 Å². The van der Waals surface area contributed by atoms with Crippen LogP contribution in [0.5, 0.6) is 0 Å². The summed E-state index contributed by atoms with van der Waals surface area (Å²) in [5.41, 5.74) is 2.81. The molecule has 8 heteroatoms. The van der Waals surface area contributed by atoms with Gasteiger partial charge in [-0.2, -0.15) is 18.3 Å². The van der Waals surface area contributed by atoms with Crippen molar-refractivity contribution in [1.82, 2.24) is 10.7 Å². The number of hydrazone groups is 1. The van der Waals surface area contributed by atoms with E-state index in [1.54, 1.807) is 24.3 Å². The highest BCUT2D eigenvalue weighted by Gasteiger charge is 2.38. The van der Waals surface area contributed by atoms with Crippen molar-refractivity contribution in [3.05, 3.63) is 60.7 Å². The molecular weight excluding hydrogens is 363 g/mol. The number of carbonyl (C=O) groups is 1. The largest absolute Gasteiger partial charge is 0.450 e. The number of nitrogens with zero attached hydrogens (tertiary/aromatic N) is 1. The molecule has 0 aliphatic rings. The Kier molecular flexibility index (Phi) is 6.46. The third-order valence-electron chi connectivity index (χ3n) is 3.43. The number of rotatable bonds is 6. The lowest BCUT2D eigenvalue weighted by Crippen LogP contribution is -2.33. The maximum Gasteiger partial charge on any atom is 0.450 e. The van der Waals surface area contributed by atoms with Gasteiger partial charge in [0.05, 0.1) is 12.1 Å². The first-order valence-corrected chi connectivity index (χ1v) is 8.02. The Morgan fingerprint density at radius 3 is 2.54 bits per heavy atom. The number of nitrogens with one attached hydrogen (secondary N) is 2. The number of alkyl halides is 3. The van der Waals surface area contributed by atoms with Crippen LogP contribution in [0.4, 0.5) is 13.2 Å². The quantitative estimate of drug-likeness (QED) is 0.348. The summed E-state index contributed by atoms with van der Waals surface area (Å²) < 4.78 is 38.0. The number of ketones is 1. The Morgan fingerprint density at radius 1 is 1.19 bits per heavy atom. The molecule has 2 aromatic carbocycles. The van der Waals surface area contributed by atoms with Gasteiger partial charge in [-0.1, -0.05) is 42.5 Å². The number of hydrogen-bond donors (Lipinski definition) is 2. The van der Waals surface area contributed by atoms with Gasteiger partial charge in [-0.25, -0.2) is 0 Å². The average molecular weight is 379 g/mol. The Labute approximate surface area is 153 Å². The van der Waals surface area contributed by atoms with E-state index in [9.17, 15) is 18.0 Å². The molecule has 0 fully saturated rings. The number of hydrogen-bond acceptors (Lipinski definition) is 3. The molecule has 26 heavy (non-hydrogen) atoms. The van der Waals surface area contributed by atoms with Gasteiger partial charge in [-0.3, -0.25) is 10.2 Å². The van der Waals surface area contributed by atoms with Gasteiger partial charge < -0.3 is 5.32 Å². The first-order valence-electron chi connectivity index (χ1n) is 7.61. The van der Waals surface area contributed by atoms with Crippen molar-refractivity contribution in [3.8, 4) is 0 Å². The topological polar surface area (TPSA) is 53.5 Å². The highest BCUT2D eigenvalue weighted by Crippen LogP contribution is 2.21. The van der Waals surface area contributed by atoms with Crippen molar-refractivity contribution in [3.63, 3.8) is 0 Å². The van der Waals surface area contributed by atoms with E-state index in [1.807, 2.05) is 24.3 Å². The molecule has 0 amide bonds. The minimum Gasteiger partial charge on any atom is -0.358 e. The Balaban J connectivity index is 2.32. The third-order valence-corrected chi connectivity index (χ3v) is 3.66. The lowest BCUT2D eigenvalue weighted by atomic mass is 10.0. The van der Waals surface area contributed by atoms with E-state index < -0.39 is 18.4 Å². The molecule has 2 aromatic rings. The Hall–Kier alpha value is -2.74. The smallest absolute Gasteiger partial charge is 0.358 e. The SMILES string of the molecule is C=CCNC(=S)NN=C(CC(=O)C(F)(F)F)c1ccc2ccccc2c1. The zero-order chi connectivity index (χ0) is 19.2. The van der Waals surface area contributed by atoms with Gasteiger partial charge in [0, 0.05) is 6.54 Å². The first kappa shape index (κ1) is 19.6. The van der Waals surface area contributed by atoms with E-state index in [0.717, 1.165) is 10.8 Å². The third kappa shape index (κ3) is 5.38. The number of thiocarbonyl (C=S) groups is 1. The second-order valence-electron chi connectivity index (χ2n) is 5.33. The molecule has 0 aromatic heterocycles. The molecular formula is C18H16F3N3OS. The lowest BCUT2D eigenvalue weighted by Gasteiger charge is -2.11. The van der Waals surface area contributed by atoms with E-state index in [2.05, 4.69) is 22.4 Å². The molecule has 2 N–H and O–H groups in total. The summed E-state index contributed by atoms with van der Waals surface area (Å²) in [4.78, 5) is 11.4. The molecule has 2 rings (SSSR count). The summed E-state index contributed by atoms with van der Waals surface area (Å²) in [5.74, 6) is -1.88. The van der Waals surface area contributed by atoms with Crippen molar-refractivity contribution in [2.24, 2.45) is 5.10 Å². The number of fused-ring (bicyclic) bond motifs is 1. The van der Waals surface area contributed by atoms with Crippen LogP contribution in [-0.4, -0.2) is 29.3 Å². The normalized spacial score (nSPS) is 11.9. The van der Waals surface area contributed by atoms with E-state index in [1.165, 1.54) is 0 Å². The minimum absolute atomic E-state index is 0.0548. The number of Topliss-reactive ketones (excluding diaryl/α,β-unsaturated/α-hetero) is 1. The van der Waals surface area contributed by atoms with Gasteiger partial charge in [0.25, 0.3) is 0 Å². The summed E-state index contributed by atoms with van der Waals surface area (Å²) in [6.45, 7) is 3.88.